The summed E-state index contributed by atoms with van der Waals surface area (Å²) in [5, 5.41) is 1.02. The Morgan fingerprint density at radius 3 is 2.23 bits per heavy atom. The summed E-state index contributed by atoms with van der Waals surface area (Å²) in [6.07, 6.45) is 2.87. The van der Waals surface area contributed by atoms with Crippen molar-refractivity contribution in [3.8, 4) is 0 Å². The Bertz CT molecular complexity index is 741. The molecule has 0 radical (unpaired) electrons. The third-order valence-electron chi connectivity index (χ3n) is 4.15. The molecule has 0 saturated heterocycles. The number of esters is 2. The lowest BCUT2D eigenvalue weighted by atomic mass is 10.1. The smallest absolute Gasteiger partial charge is 0.320 e. The molecule has 1 heterocycles. The van der Waals surface area contributed by atoms with Crippen molar-refractivity contribution in [2.75, 3.05) is 20.5 Å². The third-order valence-corrected chi connectivity index (χ3v) is 4.93. The minimum Gasteiger partial charge on any atom is -0.468 e. The largest absolute Gasteiger partial charge is 0.468 e. The molecular weight excluding hydrogens is 357 g/mol. The predicted octanol–water partition coefficient (Wildman–Crippen LogP) is 3.29. The number of halogens is 1. The first-order chi connectivity index (χ1) is 12.5. The van der Waals surface area contributed by atoms with Gasteiger partial charge in [-0.1, -0.05) is 12.1 Å². The standard InChI is InChI=1S/C19H22FNO4S/c1-24-18(22)16(19(23)25-2)10-11-21-15(8-9-17(21)26-3)12-13-4-6-14(20)7-5-13/h4-9,16H,10-12H2,1-3H3. The number of benzene rings is 1. The molecule has 0 amide bonds. The second kappa shape index (κ2) is 9.43. The normalized spacial score (nSPS) is 10.8. The van der Waals surface area contributed by atoms with E-state index >= 15 is 0 Å². The summed E-state index contributed by atoms with van der Waals surface area (Å²) in [5.74, 6) is -2.43. The zero-order valence-electron chi connectivity index (χ0n) is 15.0. The molecule has 0 spiro atoms. The Morgan fingerprint density at radius 1 is 1.08 bits per heavy atom. The van der Waals surface area contributed by atoms with Gasteiger partial charge < -0.3 is 14.0 Å². The van der Waals surface area contributed by atoms with Crippen molar-refractivity contribution in [1.29, 1.82) is 0 Å². The van der Waals surface area contributed by atoms with Crippen LogP contribution in [0.25, 0.3) is 0 Å². The van der Waals surface area contributed by atoms with Gasteiger partial charge >= 0.3 is 11.9 Å². The summed E-state index contributed by atoms with van der Waals surface area (Å²) in [6.45, 7) is 0.467. The number of hydrogen-bond donors (Lipinski definition) is 0. The Balaban J connectivity index is 2.19. The molecular formula is C19H22FNO4S. The van der Waals surface area contributed by atoms with Crippen LogP contribution in [0.3, 0.4) is 0 Å². The minimum absolute atomic E-state index is 0.270. The van der Waals surface area contributed by atoms with Crippen LogP contribution in [0.1, 0.15) is 17.7 Å². The fraction of sp³-hybridized carbons (Fsp3) is 0.368. The molecule has 1 aromatic heterocycles. The number of ether oxygens (including phenoxy) is 2. The zero-order valence-corrected chi connectivity index (χ0v) is 15.8. The van der Waals surface area contributed by atoms with Crippen molar-refractivity contribution in [2.24, 2.45) is 5.92 Å². The third kappa shape index (κ3) is 4.88. The number of nitrogens with zero attached hydrogens (tertiary/aromatic N) is 1. The number of methoxy groups -OCH3 is 2. The highest BCUT2D eigenvalue weighted by Gasteiger charge is 2.28. The monoisotopic (exact) mass is 379 g/mol. The number of aromatic nitrogens is 1. The minimum atomic E-state index is -0.958. The molecule has 0 atom stereocenters. The quantitative estimate of drug-likeness (QED) is 0.400. The fourth-order valence-electron chi connectivity index (χ4n) is 2.76. The van der Waals surface area contributed by atoms with Gasteiger partial charge in [0.25, 0.3) is 0 Å². The van der Waals surface area contributed by atoms with Gasteiger partial charge in [-0.25, -0.2) is 4.39 Å². The summed E-state index contributed by atoms with van der Waals surface area (Å²) < 4.78 is 24.6. The average Bonchev–Trinajstić information content (AvgIpc) is 3.04. The van der Waals surface area contributed by atoms with E-state index in [4.69, 9.17) is 9.47 Å². The molecule has 140 valence electrons. The van der Waals surface area contributed by atoms with Gasteiger partial charge in [-0.15, -0.1) is 11.8 Å². The van der Waals surface area contributed by atoms with Gasteiger partial charge in [-0.05, 0) is 42.5 Å². The van der Waals surface area contributed by atoms with E-state index in [2.05, 4.69) is 4.57 Å². The molecule has 2 rings (SSSR count). The molecule has 0 fully saturated rings. The number of rotatable bonds is 8. The van der Waals surface area contributed by atoms with Gasteiger partial charge in [0, 0.05) is 18.7 Å². The molecule has 0 unspecified atom stereocenters. The molecule has 0 N–H and O–H groups in total. The number of carbonyl (C=O) groups is 2. The van der Waals surface area contributed by atoms with Crippen LogP contribution in [-0.4, -0.2) is 37.0 Å². The molecule has 0 saturated carbocycles. The second-order valence-electron chi connectivity index (χ2n) is 5.71. The summed E-state index contributed by atoms with van der Waals surface area (Å²) in [4.78, 5) is 23.7. The lowest BCUT2D eigenvalue weighted by Gasteiger charge is -2.16. The highest BCUT2D eigenvalue weighted by atomic mass is 32.2. The predicted molar refractivity (Wildman–Crippen MR) is 97.6 cm³/mol. The maximum absolute atomic E-state index is 13.1. The summed E-state index contributed by atoms with van der Waals surface area (Å²) in [5.41, 5.74) is 2.00. The lowest BCUT2D eigenvalue weighted by molar-refractivity contribution is -0.159. The molecule has 0 aliphatic rings. The maximum atomic E-state index is 13.1. The Labute approximate surface area is 156 Å². The van der Waals surface area contributed by atoms with E-state index in [0.717, 1.165) is 16.3 Å². The highest BCUT2D eigenvalue weighted by Crippen LogP contribution is 2.23. The first-order valence-corrected chi connectivity index (χ1v) is 9.35. The van der Waals surface area contributed by atoms with Crippen LogP contribution in [0.5, 0.6) is 0 Å². The van der Waals surface area contributed by atoms with E-state index in [0.29, 0.717) is 13.0 Å². The molecule has 0 bridgehead atoms. The van der Waals surface area contributed by atoms with Gasteiger partial charge in [0.15, 0.2) is 5.92 Å². The van der Waals surface area contributed by atoms with Crippen LogP contribution in [0.15, 0.2) is 41.4 Å². The molecule has 0 aliphatic heterocycles. The lowest BCUT2D eigenvalue weighted by Crippen LogP contribution is -2.28. The first kappa shape index (κ1) is 20.0. The van der Waals surface area contributed by atoms with Gasteiger partial charge in [-0.2, -0.15) is 0 Å². The maximum Gasteiger partial charge on any atom is 0.320 e. The van der Waals surface area contributed by atoms with Crippen LogP contribution in [-0.2, 0) is 32.0 Å². The van der Waals surface area contributed by atoms with Gasteiger partial charge in [0.2, 0.25) is 0 Å². The van der Waals surface area contributed by atoms with E-state index in [1.54, 1.807) is 23.9 Å². The number of carbonyl (C=O) groups excluding carboxylic acids is 2. The Morgan fingerprint density at radius 2 is 1.69 bits per heavy atom. The average molecular weight is 379 g/mol. The van der Waals surface area contributed by atoms with Crippen molar-refractivity contribution in [2.45, 2.75) is 24.4 Å². The van der Waals surface area contributed by atoms with E-state index in [9.17, 15) is 14.0 Å². The Hall–Kier alpha value is -2.28. The van der Waals surface area contributed by atoms with Gasteiger partial charge in [0.1, 0.15) is 5.82 Å². The molecule has 7 heteroatoms. The van der Waals surface area contributed by atoms with E-state index in [1.165, 1.54) is 26.4 Å². The molecule has 1 aromatic carbocycles. The van der Waals surface area contributed by atoms with Gasteiger partial charge in [-0.3, -0.25) is 9.59 Å². The van der Waals surface area contributed by atoms with Crippen LogP contribution in [0, 0.1) is 11.7 Å². The van der Waals surface area contributed by atoms with E-state index in [1.807, 2.05) is 18.4 Å². The van der Waals surface area contributed by atoms with Crippen LogP contribution >= 0.6 is 11.8 Å². The van der Waals surface area contributed by atoms with E-state index in [-0.39, 0.29) is 12.2 Å². The number of hydrogen-bond acceptors (Lipinski definition) is 5. The molecule has 0 aliphatic carbocycles. The Kier molecular flexibility index (Phi) is 7.26. The van der Waals surface area contributed by atoms with Crippen molar-refractivity contribution >= 4 is 23.7 Å². The topological polar surface area (TPSA) is 57.5 Å². The van der Waals surface area contributed by atoms with Crippen molar-refractivity contribution in [3.63, 3.8) is 0 Å². The number of thioether (sulfide) groups is 1. The fourth-order valence-corrected chi connectivity index (χ4v) is 3.39. The SMILES string of the molecule is COC(=O)C(CCn1c(Cc2ccc(F)cc2)ccc1SC)C(=O)OC. The van der Waals surface area contributed by atoms with Crippen molar-refractivity contribution in [3.05, 3.63) is 53.5 Å². The van der Waals surface area contributed by atoms with Crippen LogP contribution < -0.4 is 0 Å². The van der Waals surface area contributed by atoms with Crippen LogP contribution in [0.4, 0.5) is 4.39 Å². The molecule has 5 nitrogen and oxygen atoms in total. The second-order valence-corrected chi connectivity index (χ2v) is 6.54. The zero-order chi connectivity index (χ0) is 19.1. The molecule has 26 heavy (non-hydrogen) atoms. The van der Waals surface area contributed by atoms with E-state index < -0.39 is 17.9 Å². The summed E-state index contributed by atoms with van der Waals surface area (Å²) >= 11 is 1.58. The van der Waals surface area contributed by atoms with Crippen LogP contribution in [0.2, 0.25) is 0 Å². The summed E-state index contributed by atoms with van der Waals surface area (Å²) in [7, 11) is 2.50. The van der Waals surface area contributed by atoms with Gasteiger partial charge in [0.05, 0.1) is 19.2 Å². The van der Waals surface area contributed by atoms with Crippen molar-refractivity contribution in [1.82, 2.24) is 4.57 Å². The highest BCUT2D eigenvalue weighted by molar-refractivity contribution is 7.98. The first-order valence-electron chi connectivity index (χ1n) is 8.12. The van der Waals surface area contributed by atoms with Crippen molar-refractivity contribution < 1.29 is 23.5 Å². The molecule has 2 aromatic rings. The summed E-state index contributed by atoms with van der Waals surface area (Å²) in [6, 6.07) is 10.4.